The van der Waals surface area contributed by atoms with Gasteiger partial charge in [-0.3, -0.25) is 9.80 Å². The maximum absolute atomic E-state index is 9.62. The summed E-state index contributed by atoms with van der Waals surface area (Å²) in [5.41, 5.74) is 7.69. The third-order valence-electron chi connectivity index (χ3n) is 6.97. The number of benzene rings is 1. The lowest BCUT2D eigenvalue weighted by Crippen LogP contribution is -2.52. The lowest BCUT2D eigenvalue weighted by molar-refractivity contribution is -0.0956. The first-order valence-electron chi connectivity index (χ1n) is 12.9. The van der Waals surface area contributed by atoms with Gasteiger partial charge in [-0.1, -0.05) is 19.9 Å². The number of hydrogen-bond donors (Lipinski definition) is 2. The van der Waals surface area contributed by atoms with E-state index in [0.29, 0.717) is 18.5 Å². The zero-order chi connectivity index (χ0) is 24.8. The second kappa shape index (κ2) is 13.5. The number of nitrogens with zero attached hydrogens (tertiary/aromatic N) is 3. The highest BCUT2D eigenvalue weighted by Gasteiger charge is 2.38. The summed E-state index contributed by atoms with van der Waals surface area (Å²) in [6.45, 7) is 12.9. The van der Waals surface area contributed by atoms with Crippen LogP contribution in [0.3, 0.4) is 0 Å². The number of aromatic hydroxyl groups is 1. The van der Waals surface area contributed by atoms with Gasteiger partial charge < -0.3 is 25.1 Å². The standard InChI is InChI=1S/C14H19NO3.C13H21N3O.H2S/c1-2-5-15-6-7-17-14-11-8-10(16)3-4-13(11)18-9-12(14)15;1-3-6-16-8-12(17-9-10(16)2)11-4-5-13(14)15-7-11;/h3-4,8,12,14,16H,2,5-7,9H2,1H3;4-5,7,10,12H,3,6,8-9H2,1-2H3,(H2,14,15);1H2/t12-,14-;10-,12?;/m10./s1. The van der Waals surface area contributed by atoms with Crippen LogP contribution in [0.15, 0.2) is 36.5 Å². The monoisotopic (exact) mass is 518 g/mol. The summed E-state index contributed by atoms with van der Waals surface area (Å²) in [6, 6.07) is 9.87. The Labute approximate surface area is 222 Å². The Kier molecular flexibility index (Phi) is 10.7. The molecule has 200 valence electrons. The number of pyridine rings is 1. The van der Waals surface area contributed by atoms with E-state index in [1.54, 1.807) is 12.1 Å². The molecule has 9 heteroatoms. The van der Waals surface area contributed by atoms with Crippen molar-refractivity contribution >= 4 is 19.3 Å². The van der Waals surface area contributed by atoms with Crippen LogP contribution in [0.1, 0.15) is 56.9 Å². The highest BCUT2D eigenvalue weighted by molar-refractivity contribution is 7.59. The minimum Gasteiger partial charge on any atom is -0.508 e. The zero-order valence-electron chi connectivity index (χ0n) is 21.7. The molecule has 0 amide bonds. The van der Waals surface area contributed by atoms with Crippen molar-refractivity contribution in [2.45, 2.75) is 57.9 Å². The first-order valence-corrected chi connectivity index (χ1v) is 12.9. The van der Waals surface area contributed by atoms with E-state index in [0.717, 1.165) is 62.7 Å². The normalized spacial score (nSPS) is 25.9. The summed E-state index contributed by atoms with van der Waals surface area (Å²) >= 11 is 0. The fourth-order valence-electron chi connectivity index (χ4n) is 5.10. The molecule has 0 spiro atoms. The zero-order valence-corrected chi connectivity index (χ0v) is 22.7. The van der Waals surface area contributed by atoms with Crippen LogP contribution in [0, 0.1) is 0 Å². The van der Waals surface area contributed by atoms with Gasteiger partial charge in [0.15, 0.2) is 0 Å². The van der Waals surface area contributed by atoms with Crippen LogP contribution in [0.5, 0.6) is 11.5 Å². The fraction of sp³-hybridized carbons (Fsp3) is 0.593. The van der Waals surface area contributed by atoms with Crippen LogP contribution in [0.25, 0.3) is 0 Å². The van der Waals surface area contributed by atoms with Crippen molar-refractivity contribution in [2.24, 2.45) is 0 Å². The molecule has 1 unspecified atom stereocenters. The van der Waals surface area contributed by atoms with Gasteiger partial charge in [0.25, 0.3) is 0 Å². The van der Waals surface area contributed by atoms with Gasteiger partial charge in [-0.05, 0) is 57.1 Å². The first-order chi connectivity index (χ1) is 17.0. The molecular formula is C27H42N4O4S. The van der Waals surface area contributed by atoms with Crippen LogP contribution in [0.2, 0.25) is 0 Å². The van der Waals surface area contributed by atoms with E-state index in [9.17, 15) is 5.11 Å². The molecule has 36 heavy (non-hydrogen) atoms. The number of fused-ring (bicyclic) bond motifs is 3. The van der Waals surface area contributed by atoms with Crippen LogP contribution >= 0.6 is 13.5 Å². The number of morpholine rings is 2. The molecule has 1 aromatic heterocycles. The van der Waals surface area contributed by atoms with Gasteiger partial charge >= 0.3 is 0 Å². The van der Waals surface area contributed by atoms with E-state index in [4.69, 9.17) is 19.9 Å². The van der Waals surface area contributed by atoms with E-state index in [1.165, 1.54) is 6.42 Å². The molecule has 2 saturated heterocycles. The Morgan fingerprint density at radius 1 is 1.06 bits per heavy atom. The molecule has 8 nitrogen and oxygen atoms in total. The van der Waals surface area contributed by atoms with Gasteiger partial charge in [0.1, 0.15) is 30.0 Å². The van der Waals surface area contributed by atoms with E-state index < -0.39 is 0 Å². The summed E-state index contributed by atoms with van der Waals surface area (Å²) in [6.07, 6.45) is 4.29. The summed E-state index contributed by atoms with van der Waals surface area (Å²) in [5, 5.41) is 9.62. The quantitative estimate of drug-likeness (QED) is 0.616. The molecule has 0 aliphatic carbocycles. The Balaban J connectivity index is 0.000000196. The lowest BCUT2D eigenvalue weighted by atomic mass is 9.96. The van der Waals surface area contributed by atoms with Gasteiger partial charge in [-0.2, -0.15) is 13.5 Å². The van der Waals surface area contributed by atoms with Crippen molar-refractivity contribution in [3.63, 3.8) is 0 Å². The summed E-state index contributed by atoms with van der Waals surface area (Å²) in [7, 11) is 0. The van der Waals surface area contributed by atoms with Crippen molar-refractivity contribution in [3.8, 4) is 11.5 Å². The molecular weight excluding hydrogens is 476 g/mol. The predicted octanol–water partition coefficient (Wildman–Crippen LogP) is 3.88. The van der Waals surface area contributed by atoms with E-state index in [-0.39, 0.29) is 37.5 Å². The number of rotatable bonds is 5. The Morgan fingerprint density at radius 2 is 1.83 bits per heavy atom. The maximum atomic E-state index is 9.62. The SMILES string of the molecule is CCCN1CC(c2ccc(N)nc2)OC[C@@H]1C.CCCN1CCO[C@@H]2c3cc(O)ccc3OC[C@H]21.S. The first kappa shape index (κ1) is 28.5. The van der Waals surface area contributed by atoms with Crippen molar-refractivity contribution < 1.29 is 19.3 Å². The Bertz CT molecular complexity index is 946. The van der Waals surface area contributed by atoms with Gasteiger partial charge in [-0.25, -0.2) is 4.98 Å². The molecule has 3 aliphatic rings. The highest BCUT2D eigenvalue weighted by atomic mass is 32.1. The molecule has 0 radical (unpaired) electrons. The third kappa shape index (κ3) is 6.83. The molecule has 0 saturated carbocycles. The molecule has 3 N–H and O–H groups in total. The lowest BCUT2D eigenvalue weighted by Gasteiger charge is -2.44. The van der Waals surface area contributed by atoms with Gasteiger partial charge in [0.2, 0.25) is 0 Å². The third-order valence-corrected chi connectivity index (χ3v) is 6.97. The largest absolute Gasteiger partial charge is 0.508 e. The predicted molar refractivity (Wildman–Crippen MR) is 147 cm³/mol. The fourth-order valence-corrected chi connectivity index (χ4v) is 5.10. The molecule has 3 aliphatic heterocycles. The second-order valence-corrected chi connectivity index (χ2v) is 9.61. The number of phenolic OH excluding ortho intramolecular Hbond substituents is 1. The number of ether oxygens (including phenoxy) is 3. The molecule has 1 aromatic carbocycles. The minimum atomic E-state index is 0. The Hall–Kier alpha value is -2.04. The van der Waals surface area contributed by atoms with Crippen molar-refractivity contribution in [1.29, 1.82) is 0 Å². The van der Waals surface area contributed by atoms with Crippen molar-refractivity contribution in [2.75, 3.05) is 51.7 Å². The molecule has 4 atom stereocenters. The average molecular weight is 519 g/mol. The van der Waals surface area contributed by atoms with Crippen LogP contribution in [0.4, 0.5) is 5.82 Å². The van der Waals surface area contributed by atoms with Crippen LogP contribution < -0.4 is 10.5 Å². The number of anilines is 1. The smallest absolute Gasteiger partial charge is 0.125 e. The Morgan fingerprint density at radius 3 is 2.56 bits per heavy atom. The number of nitrogens with two attached hydrogens (primary N) is 1. The summed E-state index contributed by atoms with van der Waals surface area (Å²) in [5.74, 6) is 1.67. The van der Waals surface area contributed by atoms with Crippen LogP contribution in [-0.2, 0) is 9.47 Å². The summed E-state index contributed by atoms with van der Waals surface area (Å²) in [4.78, 5) is 9.03. The molecule has 2 fully saturated rings. The van der Waals surface area contributed by atoms with E-state index in [1.807, 2.05) is 24.4 Å². The van der Waals surface area contributed by atoms with E-state index >= 15 is 0 Å². The van der Waals surface area contributed by atoms with Gasteiger partial charge in [0, 0.05) is 36.5 Å². The van der Waals surface area contributed by atoms with Crippen molar-refractivity contribution in [3.05, 3.63) is 47.7 Å². The number of hydrogen-bond acceptors (Lipinski definition) is 8. The minimum absolute atomic E-state index is 0. The topological polar surface area (TPSA) is 93.3 Å². The second-order valence-electron chi connectivity index (χ2n) is 9.61. The molecule has 4 heterocycles. The summed E-state index contributed by atoms with van der Waals surface area (Å²) < 4.78 is 17.6. The highest BCUT2D eigenvalue weighted by Crippen LogP contribution is 2.40. The molecule has 2 aromatic rings. The number of aromatic nitrogens is 1. The molecule has 5 rings (SSSR count). The number of nitrogen functional groups attached to an aromatic ring is 1. The average Bonchev–Trinajstić information content (AvgIpc) is 2.87. The van der Waals surface area contributed by atoms with Gasteiger partial charge in [-0.15, -0.1) is 0 Å². The maximum Gasteiger partial charge on any atom is 0.125 e. The van der Waals surface area contributed by atoms with Crippen molar-refractivity contribution in [1.82, 2.24) is 14.8 Å². The van der Waals surface area contributed by atoms with Gasteiger partial charge in [0.05, 0.1) is 25.4 Å². The van der Waals surface area contributed by atoms with Crippen LogP contribution in [-0.4, -0.2) is 78.0 Å². The number of phenols is 1. The van der Waals surface area contributed by atoms with E-state index in [2.05, 4.69) is 35.6 Å². The molecule has 0 bridgehead atoms.